The maximum absolute atomic E-state index is 13.1. The van der Waals surface area contributed by atoms with Gasteiger partial charge in [-0.3, -0.25) is 0 Å². The Balaban J connectivity index is 0.000000247. The van der Waals surface area contributed by atoms with Crippen molar-refractivity contribution in [2.75, 3.05) is 12.9 Å². The maximum Gasteiger partial charge on any atom is 0.178 e. The number of hydrogen-bond donors (Lipinski definition) is 0. The second kappa shape index (κ2) is 14.6. The summed E-state index contributed by atoms with van der Waals surface area (Å²) < 4.78 is 44.4. The molecule has 2 heterocycles. The van der Waals surface area contributed by atoms with E-state index < -0.39 is 15.7 Å². The van der Waals surface area contributed by atoms with E-state index in [-0.39, 0.29) is 22.8 Å². The van der Waals surface area contributed by atoms with Crippen LogP contribution in [0.25, 0.3) is 10.9 Å². The number of ether oxygens (including phenoxy) is 1. The standard InChI is InChI=1S/C16H24N2O.C12H15FO2S.C2H6/c1-4-6-8-16(19-3)18-15-11-13(7-5-2)9-10-14(15)12-17-18;1-8(2)10-5-6-16(14,15)12-7-9(13)3-4-11(10)12;1-2/h9-12,16H,4-8H2,1-3H3;3-4,7-8,10H,5-6H2,1-2H3;1-2H3. The molecule has 2 aromatic carbocycles. The molecule has 0 amide bonds. The van der Waals surface area contributed by atoms with Gasteiger partial charge in [-0.25, -0.2) is 17.5 Å². The van der Waals surface area contributed by atoms with Crippen molar-refractivity contribution in [3.8, 4) is 0 Å². The normalized spacial score (nSPS) is 16.8. The van der Waals surface area contributed by atoms with Crippen molar-refractivity contribution in [3.63, 3.8) is 0 Å². The third kappa shape index (κ3) is 7.87. The van der Waals surface area contributed by atoms with Crippen LogP contribution in [0.2, 0.25) is 0 Å². The molecule has 0 saturated heterocycles. The average Bonchev–Trinajstić information content (AvgIpc) is 3.30. The van der Waals surface area contributed by atoms with Gasteiger partial charge in [-0.05, 0) is 66.8 Å². The molecule has 1 aromatic heterocycles. The number of rotatable bonds is 8. The Hall–Kier alpha value is -2.25. The lowest BCUT2D eigenvalue weighted by Crippen LogP contribution is -2.23. The van der Waals surface area contributed by atoms with Crippen LogP contribution in [0.3, 0.4) is 0 Å². The van der Waals surface area contributed by atoms with Crippen molar-refractivity contribution >= 4 is 20.7 Å². The largest absolute Gasteiger partial charge is 0.360 e. The Bertz CT molecular complexity index is 1220. The molecule has 4 rings (SSSR count). The average molecular weight is 533 g/mol. The van der Waals surface area contributed by atoms with Gasteiger partial charge in [0.1, 0.15) is 12.0 Å². The highest BCUT2D eigenvalue weighted by Gasteiger charge is 2.32. The Morgan fingerprint density at radius 2 is 1.84 bits per heavy atom. The number of fused-ring (bicyclic) bond motifs is 2. The zero-order chi connectivity index (χ0) is 27.6. The third-order valence-electron chi connectivity index (χ3n) is 6.76. The van der Waals surface area contributed by atoms with Gasteiger partial charge in [0, 0.05) is 12.5 Å². The monoisotopic (exact) mass is 532 g/mol. The summed E-state index contributed by atoms with van der Waals surface area (Å²) in [5, 5.41) is 5.71. The lowest BCUT2D eigenvalue weighted by Gasteiger charge is -2.28. The highest BCUT2D eigenvalue weighted by molar-refractivity contribution is 7.91. The van der Waals surface area contributed by atoms with Crippen LogP contribution in [0.15, 0.2) is 47.5 Å². The van der Waals surface area contributed by atoms with Crippen LogP contribution < -0.4 is 0 Å². The van der Waals surface area contributed by atoms with Gasteiger partial charge in [0.25, 0.3) is 0 Å². The number of aromatic nitrogens is 2. The summed E-state index contributed by atoms with van der Waals surface area (Å²) in [6, 6.07) is 10.7. The summed E-state index contributed by atoms with van der Waals surface area (Å²) in [4.78, 5) is 0.192. The quantitative estimate of drug-likeness (QED) is 0.294. The van der Waals surface area contributed by atoms with Gasteiger partial charge in [-0.15, -0.1) is 0 Å². The highest BCUT2D eigenvalue weighted by atomic mass is 32.2. The van der Waals surface area contributed by atoms with E-state index in [4.69, 9.17) is 4.74 Å². The zero-order valence-electron chi connectivity index (χ0n) is 23.6. The summed E-state index contributed by atoms with van der Waals surface area (Å²) >= 11 is 0. The summed E-state index contributed by atoms with van der Waals surface area (Å²) in [7, 11) is -1.50. The molecule has 0 fully saturated rings. The minimum Gasteiger partial charge on any atom is -0.360 e. The topological polar surface area (TPSA) is 61.2 Å². The molecule has 206 valence electrons. The van der Waals surface area contributed by atoms with Gasteiger partial charge in [0.05, 0.1) is 22.4 Å². The molecule has 0 aliphatic carbocycles. The number of unbranched alkanes of at least 4 members (excludes halogenated alkanes) is 1. The van der Waals surface area contributed by atoms with Crippen molar-refractivity contribution in [3.05, 3.63) is 59.5 Å². The van der Waals surface area contributed by atoms with E-state index in [1.165, 1.54) is 35.4 Å². The van der Waals surface area contributed by atoms with Gasteiger partial charge in [0.2, 0.25) is 0 Å². The van der Waals surface area contributed by atoms with E-state index in [2.05, 4.69) is 51.0 Å². The van der Waals surface area contributed by atoms with E-state index in [0.29, 0.717) is 12.3 Å². The number of hydrogen-bond acceptors (Lipinski definition) is 4. The molecule has 0 saturated carbocycles. The molecule has 5 nitrogen and oxygen atoms in total. The molecule has 0 radical (unpaired) electrons. The predicted octanol–water partition coefficient (Wildman–Crippen LogP) is 8.09. The number of halogens is 1. The van der Waals surface area contributed by atoms with Gasteiger partial charge in [0.15, 0.2) is 9.84 Å². The molecule has 3 aromatic rings. The fraction of sp³-hybridized carbons (Fsp3) is 0.567. The summed E-state index contributed by atoms with van der Waals surface area (Å²) in [6.45, 7) is 12.5. The minimum absolute atomic E-state index is 0.0503. The second-order valence-corrected chi connectivity index (χ2v) is 11.8. The van der Waals surface area contributed by atoms with Crippen LogP contribution in [0.5, 0.6) is 0 Å². The van der Waals surface area contributed by atoms with Crippen LogP contribution >= 0.6 is 0 Å². The van der Waals surface area contributed by atoms with Crippen molar-refractivity contribution in [1.82, 2.24) is 9.78 Å². The van der Waals surface area contributed by atoms with Crippen LogP contribution in [-0.2, 0) is 21.0 Å². The molecule has 1 aliphatic rings. The smallest absolute Gasteiger partial charge is 0.178 e. The van der Waals surface area contributed by atoms with Gasteiger partial charge in [-0.2, -0.15) is 5.10 Å². The fourth-order valence-corrected chi connectivity index (χ4v) is 6.45. The summed E-state index contributed by atoms with van der Waals surface area (Å²) in [5.74, 6) is 0.248. The zero-order valence-corrected chi connectivity index (χ0v) is 24.4. The Morgan fingerprint density at radius 1 is 1.11 bits per heavy atom. The van der Waals surface area contributed by atoms with Crippen molar-refractivity contribution in [2.45, 2.75) is 97.1 Å². The van der Waals surface area contributed by atoms with Gasteiger partial charge in [-0.1, -0.05) is 72.6 Å². The van der Waals surface area contributed by atoms with Gasteiger partial charge >= 0.3 is 0 Å². The Labute approximate surface area is 223 Å². The van der Waals surface area contributed by atoms with Crippen molar-refractivity contribution in [1.29, 1.82) is 0 Å². The molecule has 1 aliphatic heterocycles. The van der Waals surface area contributed by atoms with Crippen LogP contribution in [0, 0.1) is 11.7 Å². The molecule has 0 bridgehead atoms. The van der Waals surface area contributed by atoms with E-state index in [0.717, 1.165) is 30.9 Å². The van der Waals surface area contributed by atoms with E-state index >= 15 is 0 Å². The van der Waals surface area contributed by atoms with Gasteiger partial charge < -0.3 is 4.74 Å². The molecular formula is C30H45FN2O3S. The van der Waals surface area contributed by atoms with Crippen LogP contribution in [0.1, 0.15) is 96.9 Å². The molecule has 37 heavy (non-hydrogen) atoms. The first kappa shape index (κ1) is 31.0. The SMILES string of the molecule is CC.CC(C)C1CCS(=O)(=O)c2cc(F)ccc21.CCCCC(OC)n1ncc2ccc(CCC)cc21. The Morgan fingerprint density at radius 3 is 2.46 bits per heavy atom. The highest BCUT2D eigenvalue weighted by Crippen LogP contribution is 2.38. The molecule has 0 N–H and O–H groups in total. The van der Waals surface area contributed by atoms with E-state index in [1.54, 1.807) is 13.2 Å². The first-order valence-corrected chi connectivity index (χ1v) is 15.4. The molecule has 2 unspecified atom stereocenters. The molecule has 0 spiro atoms. The minimum atomic E-state index is -3.27. The first-order chi connectivity index (χ1) is 17.7. The fourth-order valence-electron chi connectivity index (χ4n) is 4.80. The number of methoxy groups -OCH3 is 1. The van der Waals surface area contributed by atoms with Crippen LogP contribution in [0.4, 0.5) is 4.39 Å². The van der Waals surface area contributed by atoms with E-state index in [9.17, 15) is 12.8 Å². The summed E-state index contributed by atoms with van der Waals surface area (Å²) in [6.07, 6.45) is 8.27. The number of benzene rings is 2. The molecular weight excluding hydrogens is 487 g/mol. The lowest BCUT2D eigenvalue weighted by atomic mass is 9.86. The Kier molecular flexibility index (Phi) is 12.2. The predicted molar refractivity (Wildman–Crippen MR) is 151 cm³/mol. The van der Waals surface area contributed by atoms with Crippen LogP contribution in [-0.4, -0.2) is 31.1 Å². The van der Waals surface area contributed by atoms with E-state index in [1.807, 2.05) is 24.7 Å². The van der Waals surface area contributed by atoms with Crippen molar-refractivity contribution < 1.29 is 17.5 Å². The number of sulfone groups is 1. The lowest BCUT2D eigenvalue weighted by molar-refractivity contribution is 0.0288. The maximum atomic E-state index is 13.1. The second-order valence-electron chi connectivity index (χ2n) is 9.71. The first-order valence-electron chi connectivity index (χ1n) is 13.7. The molecule has 7 heteroatoms. The number of aryl methyl sites for hydroxylation is 1. The third-order valence-corrected chi connectivity index (χ3v) is 8.56. The summed E-state index contributed by atoms with van der Waals surface area (Å²) in [5.41, 5.74) is 3.35. The number of nitrogens with zero attached hydrogens (tertiary/aromatic N) is 2. The molecule has 2 atom stereocenters. The van der Waals surface area contributed by atoms with Crippen molar-refractivity contribution in [2.24, 2.45) is 5.92 Å².